The standard InChI is InChI=1S/C15H24N6O4/c1-19-12-10(13(23)18-15(19)24)21(7-8-25-2)14(17-12)20-5-3-9(4-6-20)11(16)22/h9-10,12H,3-8H2,1-2H3,(H2,16,22)(H,18,23,24). The molecule has 0 saturated carbocycles. The third-order valence-corrected chi connectivity index (χ3v) is 5.06. The molecule has 3 N–H and O–H groups in total. The molecule has 0 aliphatic carbocycles. The van der Waals surface area contributed by atoms with Gasteiger partial charge in [-0.2, -0.15) is 0 Å². The highest BCUT2D eigenvalue weighted by molar-refractivity contribution is 6.03. The number of amides is 4. The largest absolute Gasteiger partial charge is 0.383 e. The van der Waals surface area contributed by atoms with Crippen molar-refractivity contribution < 1.29 is 19.1 Å². The van der Waals surface area contributed by atoms with Gasteiger partial charge in [0.25, 0.3) is 5.91 Å². The van der Waals surface area contributed by atoms with Gasteiger partial charge in [-0.1, -0.05) is 0 Å². The monoisotopic (exact) mass is 352 g/mol. The van der Waals surface area contributed by atoms with Crippen LogP contribution in [-0.4, -0.2) is 91.1 Å². The fourth-order valence-corrected chi connectivity index (χ4v) is 3.57. The van der Waals surface area contributed by atoms with Gasteiger partial charge in [-0.3, -0.25) is 14.9 Å². The van der Waals surface area contributed by atoms with E-state index in [1.807, 2.05) is 4.90 Å². The summed E-state index contributed by atoms with van der Waals surface area (Å²) in [6, 6.07) is -1.02. The molecule has 25 heavy (non-hydrogen) atoms. The number of primary amides is 1. The van der Waals surface area contributed by atoms with Gasteiger partial charge in [0.05, 0.1) is 6.61 Å². The quantitative estimate of drug-likeness (QED) is 0.627. The lowest BCUT2D eigenvalue weighted by Gasteiger charge is -2.39. The Hall–Kier alpha value is -2.36. The smallest absolute Gasteiger partial charge is 0.325 e. The molecule has 2 atom stereocenters. The van der Waals surface area contributed by atoms with Crippen LogP contribution >= 0.6 is 0 Å². The number of fused-ring (bicyclic) bond motifs is 1. The molecule has 138 valence electrons. The summed E-state index contributed by atoms with van der Waals surface area (Å²) in [6.07, 6.45) is 0.757. The molecular formula is C15H24N6O4. The van der Waals surface area contributed by atoms with E-state index in [0.29, 0.717) is 45.0 Å². The second-order valence-corrected chi connectivity index (χ2v) is 6.54. The van der Waals surface area contributed by atoms with E-state index < -0.39 is 18.2 Å². The molecule has 3 heterocycles. The number of likely N-dealkylation sites (N-methyl/N-ethyl adjacent to an activating group) is 1. The maximum absolute atomic E-state index is 12.4. The Labute approximate surface area is 145 Å². The van der Waals surface area contributed by atoms with E-state index in [1.165, 1.54) is 4.90 Å². The number of carbonyl (C=O) groups is 3. The summed E-state index contributed by atoms with van der Waals surface area (Å²) >= 11 is 0. The van der Waals surface area contributed by atoms with Crippen molar-refractivity contribution in [1.82, 2.24) is 20.0 Å². The van der Waals surface area contributed by atoms with E-state index in [-0.39, 0.29) is 17.7 Å². The first kappa shape index (κ1) is 17.5. The van der Waals surface area contributed by atoms with Gasteiger partial charge >= 0.3 is 6.03 Å². The minimum Gasteiger partial charge on any atom is -0.383 e. The predicted molar refractivity (Wildman–Crippen MR) is 88.4 cm³/mol. The summed E-state index contributed by atoms with van der Waals surface area (Å²) in [4.78, 5) is 45.7. The number of methoxy groups -OCH3 is 1. The fourth-order valence-electron chi connectivity index (χ4n) is 3.57. The highest BCUT2D eigenvalue weighted by Crippen LogP contribution is 2.27. The second kappa shape index (κ2) is 6.87. The van der Waals surface area contributed by atoms with Crippen LogP contribution in [0.3, 0.4) is 0 Å². The van der Waals surface area contributed by atoms with Crippen molar-refractivity contribution in [1.29, 1.82) is 0 Å². The minimum atomic E-state index is -0.568. The molecular weight excluding hydrogens is 328 g/mol. The second-order valence-electron chi connectivity index (χ2n) is 6.54. The van der Waals surface area contributed by atoms with Gasteiger partial charge in [-0.15, -0.1) is 0 Å². The Kier molecular flexibility index (Phi) is 4.80. The zero-order valence-electron chi connectivity index (χ0n) is 14.5. The zero-order chi connectivity index (χ0) is 18.1. The first-order valence-electron chi connectivity index (χ1n) is 8.39. The van der Waals surface area contributed by atoms with Crippen LogP contribution in [0.25, 0.3) is 0 Å². The lowest BCUT2D eigenvalue weighted by molar-refractivity contribution is -0.127. The topological polar surface area (TPSA) is 121 Å². The number of rotatable bonds is 4. The van der Waals surface area contributed by atoms with E-state index >= 15 is 0 Å². The number of likely N-dealkylation sites (tertiary alicyclic amines) is 1. The molecule has 3 rings (SSSR count). The number of aliphatic imine (C=N–C) groups is 1. The third kappa shape index (κ3) is 3.13. The SMILES string of the molecule is COCCN1C(N2CCC(C(N)=O)CC2)=NC2C1C(=O)NC(=O)N2C. The van der Waals surface area contributed by atoms with Gasteiger partial charge in [0.1, 0.15) is 0 Å². The summed E-state index contributed by atoms with van der Waals surface area (Å²) in [7, 11) is 3.22. The van der Waals surface area contributed by atoms with Gasteiger partial charge in [-0.05, 0) is 12.8 Å². The molecule has 2 unspecified atom stereocenters. The maximum atomic E-state index is 12.4. The van der Waals surface area contributed by atoms with Crippen LogP contribution in [0.5, 0.6) is 0 Å². The van der Waals surface area contributed by atoms with E-state index in [9.17, 15) is 14.4 Å². The lowest BCUT2D eigenvalue weighted by Crippen LogP contribution is -2.64. The van der Waals surface area contributed by atoms with Crippen LogP contribution in [0.4, 0.5) is 4.79 Å². The first-order valence-corrected chi connectivity index (χ1v) is 8.39. The number of nitrogens with two attached hydrogens (primary N) is 1. The van der Waals surface area contributed by atoms with Crippen LogP contribution in [0.2, 0.25) is 0 Å². The Bertz CT molecular complexity index is 601. The Morgan fingerprint density at radius 3 is 2.64 bits per heavy atom. The number of nitrogens with zero attached hydrogens (tertiary/aromatic N) is 4. The number of guanidine groups is 1. The van der Waals surface area contributed by atoms with Gasteiger partial charge in [-0.25, -0.2) is 9.79 Å². The molecule has 0 radical (unpaired) electrons. The Morgan fingerprint density at radius 1 is 1.36 bits per heavy atom. The summed E-state index contributed by atoms with van der Waals surface area (Å²) in [5.74, 6) is -0.0789. The average Bonchev–Trinajstić information content (AvgIpc) is 2.98. The number of piperidine rings is 1. The molecule has 2 saturated heterocycles. The van der Waals surface area contributed by atoms with Gasteiger partial charge < -0.3 is 25.2 Å². The van der Waals surface area contributed by atoms with Crippen LogP contribution in [-0.2, 0) is 14.3 Å². The number of nitrogens with one attached hydrogen (secondary N) is 1. The Balaban J connectivity index is 1.81. The first-order chi connectivity index (χ1) is 11.9. The minimum absolute atomic E-state index is 0.125. The number of imide groups is 1. The van der Waals surface area contributed by atoms with E-state index in [0.717, 1.165) is 0 Å². The summed E-state index contributed by atoms with van der Waals surface area (Å²) in [5, 5.41) is 2.36. The third-order valence-electron chi connectivity index (χ3n) is 5.06. The van der Waals surface area contributed by atoms with Crippen molar-refractivity contribution in [3.63, 3.8) is 0 Å². The van der Waals surface area contributed by atoms with Crippen LogP contribution in [0, 0.1) is 5.92 Å². The van der Waals surface area contributed by atoms with Gasteiger partial charge in [0.15, 0.2) is 18.2 Å². The highest BCUT2D eigenvalue weighted by Gasteiger charge is 2.49. The zero-order valence-corrected chi connectivity index (χ0v) is 14.5. The maximum Gasteiger partial charge on any atom is 0.325 e. The number of carbonyl (C=O) groups excluding carboxylic acids is 3. The molecule has 0 spiro atoms. The molecule has 4 amide bonds. The van der Waals surface area contributed by atoms with E-state index in [4.69, 9.17) is 10.5 Å². The normalized spacial score (nSPS) is 27.3. The van der Waals surface area contributed by atoms with Crippen LogP contribution < -0.4 is 11.1 Å². The van der Waals surface area contributed by atoms with E-state index in [2.05, 4.69) is 15.2 Å². The Morgan fingerprint density at radius 2 is 2.04 bits per heavy atom. The molecule has 0 bridgehead atoms. The van der Waals surface area contributed by atoms with Gasteiger partial charge in [0, 0.05) is 39.7 Å². The van der Waals surface area contributed by atoms with Crippen molar-refractivity contribution in [2.45, 2.75) is 25.0 Å². The molecule has 0 aromatic carbocycles. The van der Waals surface area contributed by atoms with Crippen molar-refractivity contribution >= 4 is 23.8 Å². The molecule has 3 aliphatic rings. The average molecular weight is 352 g/mol. The highest BCUT2D eigenvalue weighted by atomic mass is 16.5. The van der Waals surface area contributed by atoms with Crippen LogP contribution in [0.1, 0.15) is 12.8 Å². The van der Waals surface area contributed by atoms with E-state index in [1.54, 1.807) is 14.2 Å². The van der Waals surface area contributed by atoms with Crippen molar-refractivity contribution in [2.75, 3.05) is 40.4 Å². The fraction of sp³-hybridized carbons (Fsp3) is 0.733. The number of urea groups is 1. The summed E-state index contributed by atoms with van der Waals surface area (Å²) < 4.78 is 5.16. The molecule has 2 fully saturated rings. The summed E-state index contributed by atoms with van der Waals surface area (Å²) in [5.41, 5.74) is 5.39. The predicted octanol–water partition coefficient (Wildman–Crippen LogP) is -1.62. The van der Waals surface area contributed by atoms with Crippen molar-refractivity contribution in [2.24, 2.45) is 16.6 Å². The summed E-state index contributed by atoms with van der Waals surface area (Å²) in [6.45, 7) is 2.19. The molecule has 0 aromatic rings. The molecule has 3 aliphatic heterocycles. The van der Waals surface area contributed by atoms with Gasteiger partial charge in [0.2, 0.25) is 5.91 Å². The number of hydrogen-bond donors (Lipinski definition) is 2. The number of ether oxygens (including phenoxy) is 1. The molecule has 10 heteroatoms. The van der Waals surface area contributed by atoms with Crippen molar-refractivity contribution in [3.8, 4) is 0 Å². The number of hydrogen-bond acceptors (Lipinski definition) is 7. The van der Waals surface area contributed by atoms with Crippen molar-refractivity contribution in [3.05, 3.63) is 0 Å². The molecule has 10 nitrogen and oxygen atoms in total. The lowest BCUT2D eigenvalue weighted by atomic mass is 9.96. The van der Waals surface area contributed by atoms with Crippen LogP contribution in [0.15, 0.2) is 4.99 Å². The molecule has 0 aromatic heterocycles.